The molecule has 0 saturated heterocycles. The highest BCUT2D eigenvalue weighted by Crippen LogP contribution is 2.27. The molecule has 0 radical (unpaired) electrons. The van der Waals surface area contributed by atoms with E-state index in [2.05, 4.69) is 15.2 Å². The van der Waals surface area contributed by atoms with Gasteiger partial charge in [0.15, 0.2) is 0 Å². The van der Waals surface area contributed by atoms with Gasteiger partial charge >= 0.3 is 6.36 Å². The Kier molecular flexibility index (Phi) is 6.52. The van der Waals surface area contributed by atoms with Crippen LogP contribution in [0.15, 0.2) is 89.2 Å². The summed E-state index contributed by atoms with van der Waals surface area (Å²) in [7, 11) is 0. The lowest BCUT2D eigenvalue weighted by Gasteiger charge is -2.15. The fourth-order valence-corrected chi connectivity index (χ4v) is 4.04. The quantitative estimate of drug-likeness (QED) is 0.353. The van der Waals surface area contributed by atoms with Crippen molar-refractivity contribution in [2.75, 3.05) is 5.43 Å². The van der Waals surface area contributed by atoms with E-state index in [0.717, 1.165) is 11.6 Å². The van der Waals surface area contributed by atoms with Crippen molar-refractivity contribution in [2.24, 2.45) is 4.99 Å². The fourth-order valence-electron chi connectivity index (χ4n) is 2.99. The first-order chi connectivity index (χ1) is 15.8. The smallest absolute Gasteiger partial charge is 0.405 e. The summed E-state index contributed by atoms with van der Waals surface area (Å²) in [5.41, 5.74) is 4.30. The van der Waals surface area contributed by atoms with Crippen LogP contribution in [0.4, 0.5) is 18.9 Å². The molecular weight excluding hydrogens is 475 g/mol. The third-order valence-corrected chi connectivity index (χ3v) is 5.44. The second-order valence-corrected chi connectivity index (χ2v) is 7.95. The van der Waals surface area contributed by atoms with Crippen LogP contribution in [-0.4, -0.2) is 16.9 Å². The number of thiazole rings is 1. The molecule has 4 aromatic rings. The van der Waals surface area contributed by atoms with E-state index in [1.54, 1.807) is 29.6 Å². The third-order valence-electron chi connectivity index (χ3n) is 4.38. The number of carbonyl (C=O) groups is 1. The summed E-state index contributed by atoms with van der Waals surface area (Å²) < 4.78 is 43.9. The average molecular weight is 490 g/mol. The number of hydrogen-bond acceptors (Lipinski definition) is 4. The lowest BCUT2D eigenvalue weighted by molar-refractivity contribution is -0.274. The maximum Gasteiger partial charge on any atom is 0.573 e. The lowest BCUT2D eigenvalue weighted by atomic mass is 10.2. The molecule has 0 saturated carbocycles. The summed E-state index contributed by atoms with van der Waals surface area (Å²) in [4.78, 5) is 18.0. The van der Waals surface area contributed by atoms with Gasteiger partial charge in [0.1, 0.15) is 5.75 Å². The van der Waals surface area contributed by atoms with Crippen LogP contribution in [0.2, 0.25) is 5.02 Å². The van der Waals surface area contributed by atoms with Gasteiger partial charge < -0.3 is 4.74 Å². The van der Waals surface area contributed by atoms with Crippen LogP contribution >= 0.6 is 22.9 Å². The normalized spacial score (nSPS) is 11.9. The minimum Gasteiger partial charge on any atom is -0.405 e. The van der Waals surface area contributed by atoms with Gasteiger partial charge in [-0.25, -0.2) is 9.67 Å². The second kappa shape index (κ2) is 9.51. The number of aromatic nitrogens is 1. The van der Waals surface area contributed by atoms with E-state index in [0.29, 0.717) is 21.2 Å². The number of nitrogens with zero attached hydrogens (tertiary/aromatic N) is 2. The third kappa shape index (κ3) is 5.63. The minimum absolute atomic E-state index is 0.277. The molecule has 0 aliphatic heterocycles. The molecule has 0 fully saturated rings. The van der Waals surface area contributed by atoms with Crippen LogP contribution in [-0.2, 0) is 0 Å². The van der Waals surface area contributed by atoms with Gasteiger partial charge in [0.05, 0.1) is 16.9 Å². The van der Waals surface area contributed by atoms with Gasteiger partial charge in [0, 0.05) is 16.0 Å². The molecule has 4 rings (SSSR count). The van der Waals surface area contributed by atoms with E-state index in [9.17, 15) is 18.0 Å². The van der Waals surface area contributed by atoms with Crippen molar-refractivity contribution in [3.05, 3.63) is 99.6 Å². The molecule has 3 aromatic carbocycles. The number of rotatable bonds is 5. The predicted molar refractivity (Wildman–Crippen MR) is 121 cm³/mol. The minimum atomic E-state index is -4.94. The number of benzene rings is 3. The summed E-state index contributed by atoms with van der Waals surface area (Å²) in [6.07, 6.45) is -4.94. The number of hydrogen-bond donors (Lipinski definition) is 1. The zero-order valence-corrected chi connectivity index (χ0v) is 18.3. The van der Waals surface area contributed by atoms with Crippen molar-refractivity contribution in [3.8, 4) is 17.0 Å². The molecule has 0 atom stereocenters. The monoisotopic (exact) mass is 489 g/mol. The van der Waals surface area contributed by atoms with Gasteiger partial charge in [-0.2, -0.15) is 0 Å². The number of para-hydroxylation sites is 1. The van der Waals surface area contributed by atoms with Gasteiger partial charge in [0.2, 0.25) is 4.80 Å². The Morgan fingerprint density at radius 2 is 1.73 bits per heavy atom. The van der Waals surface area contributed by atoms with E-state index in [4.69, 9.17) is 11.6 Å². The molecule has 0 unspecified atom stereocenters. The van der Waals surface area contributed by atoms with E-state index >= 15 is 0 Å². The van der Waals surface area contributed by atoms with Crippen LogP contribution in [0.5, 0.6) is 5.75 Å². The molecule has 1 aromatic heterocycles. The van der Waals surface area contributed by atoms with E-state index in [-0.39, 0.29) is 5.56 Å². The summed E-state index contributed by atoms with van der Waals surface area (Å²) in [6, 6.07) is 21.2. The van der Waals surface area contributed by atoms with Crippen LogP contribution in [0, 0.1) is 0 Å². The number of nitrogens with one attached hydrogen (secondary N) is 1. The van der Waals surface area contributed by atoms with E-state index in [1.807, 2.05) is 30.3 Å². The Labute approximate surface area is 195 Å². The Morgan fingerprint density at radius 1 is 1.00 bits per heavy atom. The van der Waals surface area contributed by atoms with Crippen LogP contribution in [0.1, 0.15) is 10.4 Å². The summed E-state index contributed by atoms with van der Waals surface area (Å²) in [5.74, 6) is -1.40. The molecule has 1 N–H and O–H groups in total. The molecule has 0 aliphatic carbocycles. The molecule has 168 valence electrons. The average Bonchev–Trinajstić information content (AvgIpc) is 3.15. The molecule has 1 heterocycles. The molecule has 0 bridgehead atoms. The van der Waals surface area contributed by atoms with E-state index in [1.165, 1.54) is 34.2 Å². The van der Waals surface area contributed by atoms with Crippen molar-refractivity contribution in [2.45, 2.75) is 6.36 Å². The van der Waals surface area contributed by atoms with Crippen LogP contribution in [0.3, 0.4) is 0 Å². The number of ether oxygens (including phenoxy) is 1. The molecule has 33 heavy (non-hydrogen) atoms. The topological polar surface area (TPSA) is 55.6 Å². The number of carbonyl (C=O) groups excluding carboxylic acids is 1. The maximum absolute atomic E-state index is 13.0. The first-order valence-electron chi connectivity index (χ1n) is 9.52. The van der Waals surface area contributed by atoms with Gasteiger partial charge in [-0.3, -0.25) is 10.2 Å². The standard InChI is InChI=1S/C23H15ClF3N3O2S/c24-16-9-6-10-17(13-16)28-22-30(19(14-33-22)15-7-2-1-3-8-15)29-21(31)18-11-4-5-12-20(18)32-23(25,26)27/h1-14H,(H,29,31). The second-order valence-electron chi connectivity index (χ2n) is 6.68. The first-order valence-corrected chi connectivity index (χ1v) is 10.8. The van der Waals surface area contributed by atoms with Crippen molar-refractivity contribution in [1.29, 1.82) is 0 Å². The van der Waals surface area contributed by atoms with Crippen molar-refractivity contribution in [1.82, 2.24) is 4.68 Å². The summed E-state index contributed by atoms with van der Waals surface area (Å²) in [6.45, 7) is 0. The largest absolute Gasteiger partial charge is 0.573 e. The Balaban J connectivity index is 1.78. The first kappa shape index (κ1) is 22.6. The van der Waals surface area contributed by atoms with Crippen molar-refractivity contribution >= 4 is 34.5 Å². The van der Waals surface area contributed by atoms with Gasteiger partial charge in [-0.05, 0) is 30.3 Å². The number of alkyl halides is 3. The molecule has 0 aliphatic rings. The zero-order valence-electron chi connectivity index (χ0n) is 16.7. The molecule has 0 spiro atoms. The summed E-state index contributed by atoms with van der Waals surface area (Å²) in [5, 5.41) is 2.28. The molecular formula is C23H15ClF3N3O2S. The fraction of sp³-hybridized carbons (Fsp3) is 0.0435. The lowest BCUT2D eigenvalue weighted by Crippen LogP contribution is -2.32. The molecule has 10 heteroatoms. The SMILES string of the molecule is O=C(Nn1c(-c2ccccc2)csc1=Nc1cccc(Cl)c1)c1ccccc1OC(F)(F)F. The highest BCUT2D eigenvalue weighted by atomic mass is 35.5. The Morgan fingerprint density at radius 3 is 2.45 bits per heavy atom. The highest BCUT2D eigenvalue weighted by molar-refractivity contribution is 7.07. The number of halogens is 4. The molecule has 5 nitrogen and oxygen atoms in total. The van der Waals surface area contributed by atoms with Gasteiger partial charge in [-0.1, -0.05) is 60.1 Å². The number of amides is 1. The Hall–Kier alpha value is -3.56. The van der Waals surface area contributed by atoms with Crippen molar-refractivity contribution in [3.63, 3.8) is 0 Å². The summed E-state index contributed by atoms with van der Waals surface area (Å²) >= 11 is 7.30. The van der Waals surface area contributed by atoms with Crippen molar-refractivity contribution < 1.29 is 22.7 Å². The zero-order chi connectivity index (χ0) is 23.4. The van der Waals surface area contributed by atoms with Crippen LogP contribution < -0.4 is 15.0 Å². The van der Waals surface area contributed by atoms with E-state index < -0.39 is 18.0 Å². The van der Waals surface area contributed by atoms with Gasteiger partial charge in [-0.15, -0.1) is 24.5 Å². The van der Waals surface area contributed by atoms with Crippen LogP contribution in [0.25, 0.3) is 11.3 Å². The van der Waals surface area contributed by atoms with Gasteiger partial charge in [0.25, 0.3) is 5.91 Å². The molecule has 1 amide bonds. The maximum atomic E-state index is 13.0. The predicted octanol–water partition coefficient (Wildman–Crippen LogP) is 6.38. The Bertz CT molecular complexity index is 1350. The highest BCUT2D eigenvalue weighted by Gasteiger charge is 2.33.